The van der Waals surface area contributed by atoms with Gasteiger partial charge >= 0.3 is 0 Å². The van der Waals surface area contributed by atoms with Crippen LogP contribution in [0, 0.1) is 0 Å². The number of aromatic nitrogens is 1. The summed E-state index contributed by atoms with van der Waals surface area (Å²) in [5.74, 6) is 0. The van der Waals surface area contributed by atoms with E-state index in [0.29, 0.717) is 0 Å². The third kappa shape index (κ3) is 5.74. The Morgan fingerprint density at radius 3 is 1.77 bits per heavy atom. The van der Waals surface area contributed by atoms with Gasteiger partial charge in [0, 0.05) is 49.4 Å². The van der Waals surface area contributed by atoms with Crippen LogP contribution in [0.15, 0.2) is 235 Å². The fourth-order valence-corrected chi connectivity index (χ4v) is 9.42. The molecule has 286 valence electrons. The van der Waals surface area contributed by atoms with E-state index in [2.05, 4.69) is 234 Å². The van der Waals surface area contributed by atoms with Crippen molar-refractivity contribution in [2.24, 2.45) is 0 Å². The first-order valence-corrected chi connectivity index (χ1v) is 20.8. The molecule has 0 radical (unpaired) electrons. The highest BCUT2D eigenvalue weighted by molar-refractivity contribution is 6.14. The molecular formula is C58H38N2O. The van der Waals surface area contributed by atoms with Gasteiger partial charge in [0.15, 0.2) is 0 Å². The summed E-state index contributed by atoms with van der Waals surface area (Å²) in [6.45, 7) is 0. The van der Waals surface area contributed by atoms with Gasteiger partial charge < -0.3 is 13.9 Å². The normalized spacial score (nSPS) is 11.6. The topological polar surface area (TPSA) is 21.3 Å². The monoisotopic (exact) mass is 778 g/mol. The Hall–Kier alpha value is -8.14. The van der Waals surface area contributed by atoms with Crippen molar-refractivity contribution in [3.8, 4) is 39.1 Å². The molecule has 12 aromatic rings. The molecule has 3 heteroatoms. The molecule has 12 rings (SSSR count). The molecular weight excluding hydrogens is 741 g/mol. The van der Waals surface area contributed by atoms with Crippen molar-refractivity contribution in [1.29, 1.82) is 0 Å². The second-order valence-electron chi connectivity index (χ2n) is 15.6. The van der Waals surface area contributed by atoms with Gasteiger partial charge in [-0.15, -0.1) is 0 Å². The molecule has 0 bridgehead atoms. The van der Waals surface area contributed by atoms with E-state index in [9.17, 15) is 0 Å². The summed E-state index contributed by atoms with van der Waals surface area (Å²) in [5.41, 5.74) is 15.5. The first kappa shape index (κ1) is 34.9. The molecule has 0 N–H and O–H groups in total. The Labute approximate surface area is 353 Å². The predicted molar refractivity (Wildman–Crippen MR) is 257 cm³/mol. The fraction of sp³-hybridized carbons (Fsp3) is 0. The van der Waals surface area contributed by atoms with E-state index in [0.717, 1.165) is 66.8 Å². The van der Waals surface area contributed by atoms with E-state index >= 15 is 0 Å². The first-order valence-electron chi connectivity index (χ1n) is 20.8. The summed E-state index contributed by atoms with van der Waals surface area (Å²) in [6, 6.07) is 82.9. The van der Waals surface area contributed by atoms with Crippen LogP contribution >= 0.6 is 0 Å². The zero-order chi connectivity index (χ0) is 40.3. The molecule has 0 aliphatic rings. The highest BCUT2D eigenvalue weighted by Crippen LogP contribution is 2.45. The van der Waals surface area contributed by atoms with Crippen molar-refractivity contribution < 1.29 is 4.42 Å². The second kappa shape index (κ2) is 14.3. The highest BCUT2D eigenvalue weighted by Gasteiger charge is 2.22. The molecule has 2 aromatic heterocycles. The van der Waals surface area contributed by atoms with Crippen molar-refractivity contribution in [2.45, 2.75) is 0 Å². The minimum atomic E-state index is 0.895. The number of benzene rings is 10. The van der Waals surface area contributed by atoms with Crippen LogP contribution in [0.4, 0.5) is 17.1 Å². The standard InChI is InChI=1S/C58H38N2O/c1-3-16-39(17-4-1)40-30-32-41(33-31-40)44-36-37-55(46-21-8-7-20-45(44)46)59(42-18-5-2-6-19-42)43-34-35-49-47-22-9-12-27-53(47)60(56(49)38-43)54-28-13-10-23-48(54)51-25-15-26-52-50-24-11-14-29-57(50)61-58(51)52/h1-38H. The molecule has 0 amide bonds. The van der Waals surface area contributed by atoms with Crippen molar-refractivity contribution >= 4 is 71.6 Å². The van der Waals surface area contributed by atoms with Crippen molar-refractivity contribution in [3.05, 3.63) is 231 Å². The second-order valence-corrected chi connectivity index (χ2v) is 15.6. The maximum Gasteiger partial charge on any atom is 0.143 e. The summed E-state index contributed by atoms with van der Waals surface area (Å²) in [4.78, 5) is 2.41. The van der Waals surface area contributed by atoms with Crippen LogP contribution in [0.25, 0.3) is 93.6 Å². The van der Waals surface area contributed by atoms with Gasteiger partial charge in [-0.2, -0.15) is 0 Å². The Morgan fingerprint density at radius 2 is 0.934 bits per heavy atom. The SMILES string of the molecule is c1ccc(-c2ccc(-c3ccc(N(c4ccccc4)c4ccc5c6ccccc6n(-c6ccccc6-c6cccc7c6oc6ccccc67)c5c4)c4ccccc34)cc2)cc1. The number of fused-ring (bicyclic) bond motifs is 7. The van der Waals surface area contributed by atoms with Crippen LogP contribution in [-0.4, -0.2) is 4.57 Å². The van der Waals surface area contributed by atoms with Gasteiger partial charge in [0.05, 0.1) is 22.4 Å². The zero-order valence-electron chi connectivity index (χ0n) is 33.2. The van der Waals surface area contributed by atoms with Crippen LogP contribution in [0.3, 0.4) is 0 Å². The van der Waals surface area contributed by atoms with Gasteiger partial charge in [-0.25, -0.2) is 0 Å². The fourth-order valence-electron chi connectivity index (χ4n) is 9.42. The third-order valence-electron chi connectivity index (χ3n) is 12.2. The molecule has 61 heavy (non-hydrogen) atoms. The average molecular weight is 779 g/mol. The van der Waals surface area contributed by atoms with Crippen LogP contribution < -0.4 is 4.90 Å². The van der Waals surface area contributed by atoms with Crippen molar-refractivity contribution in [3.63, 3.8) is 0 Å². The van der Waals surface area contributed by atoms with Crippen LogP contribution in [0.2, 0.25) is 0 Å². The Bertz CT molecular complexity index is 3580. The average Bonchev–Trinajstić information content (AvgIpc) is 3.88. The largest absolute Gasteiger partial charge is 0.455 e. The zero-order valence-corrected chi connectivity index (χ0v) is 33.2. The Balaban J connectivity index is 1.05. The molecule has 0 spiro atoms. The summed E-state index contributed by atoms with van der Waals surface area (Å²) >= 11 is 0. The van der Waals surface area contributed by atoms with E-state index in [1.54, 1.807) is 0 Å². The van der Waals surface area contributed by atoms with Crippen LogP contribution in [-0.2, 0) is 0 Å². The lowest BCUT2D eigenvalue weighted by molar-refractivity contribution is 0.670. The molecule has 0 aliphatic carbocycles. The lowest BCUT2D eigenvalue weighted by Gasteiger charge is -2.28. The van der Waals surface area contributed by atoms with Gasteiger partial charge in [-0.3, -0.25) is 0 Å². The number of anilines is 3. The molecule has 10 aromatic carbocycles. The molecule has 2 heterocycles. The third-order valence-corrected chi connectivity index (χ3v) is 12.2. The van der Waals surface area contributed by atoms with Crippen LogP contribution in [0.5, 0.6) is 0 Å². The number of nitrogens with zero attached hydrogens (tertiary/aromatic N) is 2. The maximum atomic E-state index is 6.61. The summed E-state index contributed by atoms with van der Waals surface area (Å²) in [6.07, 6.45) is 0. The highest BCUT2D eigenvalue weighted by atomic mass is 16.3. The van der Waals surface area contributed by atoms with Gasteiger partial charge in [0.25, 0.3) is 0 Å². The van der Waals surface area contributed by atoms with E-state index in [-0.39, 0.29) is 0 Å². The van der Waals surface area contributed by atoms with E-state index in [4.69, 9.17) is 4.42 Å². The van der Waals surface area contributed by atoms with E-state index < -0.39 is 0 Å². The molecule has 0 fully saturated rings. The first-order chi connectivity index (χ1) is 30.3. The predicted octanol–water partition coefficient (Wildman–Crippen LogP) is 16.3. The molecule has 0 aliphatic heterocycles. The molecule has 0 saturated carbocycles. The summed E-state index contributed by atoms with van der Waals surface area (Å²) in [7, 11) is 0. The molecule has 0 saturated heterocycles. The van der Waals surface area contributed by atoms with Gasteiger partial charge in [-0.05, 0) is 76.2 Å². The van der Waals surface area contributed by atoms with Crippen LogP contribution in [0.1, 0.15) is 0 Å². The lowest BCUT2D eigenvalue weighted by Crippen LogP contribution is -2.10. The van der Waals surface area contributed by atoms with Crippen molar-refractivity contribution in [2.75, 3.05) is 4.90 Å². The molecule has 3 nitrogen and oxygen atoms in total. The van der Waals surface area contributed by atoms with Gasteiger partial charge in [0.2, 0.25) is 0 Å². The minimum absolute atomic E-state index is 0.895. The summed E-state index contributed by atoms with van der Waals surface area (Å²) < 4.78 is 9.05. The lowest BCUT2D eigenvalue weighted by atomic mass is 9.95. The number of rotatable bonds is 7. The Morgan fingerprint density at radius 1 is 0.328 bits per heavy atom. The number of hydrogen-bond acceptors (Lipinski definition) is 2. The summed E-state index contributed by atoms with van der Waals surface area (Å²) in [5, 5.41) is 7.04. The number of para-hydroxylation sites is 5. The quantitative estimate of drug-likeness (QED) is 0.161. The number of furan rings is 1. The van der Waals surface area contributed by atoms with Gasteiger partial charge in [-0.1, -0.05) is 182 Å². The number of hydrogen-bond donors (Lipinski definition) is 0. The molecule has 0 unspecified atom stereocenters. The van der Waals surface area contributed by atoms with Crippen molar-refractivity contribution in [1.82, 2.24) is 4.57 Å². The van der Waals surface area contributed by atoms with Gasteiger partial charge in [0.1, 0.15) is 11.2 Å². The minimum Gasteiger partial charge on any atom is -0.455 e. The van der Waals surface area contributed by atoms with E-state index in [1.807, 2.05) is 6.07 Å². The Kier molecular flexibility index (Phi) is 8.17. The molecule has 0 atom stereocenters. The van der Waals surface area contributed by atoms with E-state index in [1.165, 1.54) is 43.8 Å². The smallest absolute Gasteiger partial charge is 0.143 e. The maximum absolute atomic E-state index is 6.61.